The van der Waals surface area contributed by atoms with Crippen molar-refractivity contribution in [3.8, 4) is 0 Å². The lowest BCUT2D eigenvalue weighted by Gasteiger charge is -2.38. The number of fused-ring (bicyclic) bond motifs is 1. The van der Waals surface area contributed by atoms with Crippen LogP contribution in [0.5, 0.6) is 0 Å². The van der Waals surface area contributed by atoms with Crippen LogP contribution in [-0.4, -0.2) is 59.0 Å². The molecule has 3 fully saturated rings. The molecule has 1 saturated heterocycles. The molecular formula is C22H31N5O. The first-order chi connectivity index (χ1) is 13.8. The molecule has 1 amide bonds. The molecule has 0 spiro atoms. The molecule has 2 aromatic heterocycles. The molecule has 3 heterocycles. The second kappa shape index (κ2) is 7.74. The Balaban J connectivity index is 1.25. The van der Waals surface area contributed by atoms with Crippen molar-refractivity contribution < 1.29 is 4.79 Å². The maximum Gasteiger partial charge on any atom is 0.267 e. The smallest absolute Gasteiger partial charge is 0.267 e. The van der Waals surface area contributed by atoms with Crippen molar-refractivity contribution in [1.82, 2.24) is 20.2 Å². The topological polar surface area (TPSA) is 64.3 Å². The molecule has 2 N–H and O–H groups in total. The number of nitrogens with one attached hydrogen (secondary N) is 2. The Bertz CT molecular complexity index is 827. The van der Waals surface area contributed by atoms with Crippen molar-refractivity contribution in [1.29, 1.82) is 0 Å². The quantitative estimate of drug-likeness (QED) is 0.853. The molecule has 3 aliphatic rings. The molecule has 2 aromatic rings. The minimum Gasteiger partial charge on any atom is -0.354 e. The van der Waals surface area contributed by atoms with E-state index in [0.29, 0.717) is 11.7 Å². The highest BCUT2D eigenvalue weighted by Crippen LogP contribution is 2.26. The molecule has 0 bridgehead atoms. The molecule has 6 heteroatoms. The minimum absolute atomic E-state index is 0.00910. The summed E-state index contributed by atoms with van der Waals surface area (Å²) in [7, 11) is 0. The van der Waals surface area contributed by atoms with Crippen molar-refractivity contribution in [3.63, 3.8) is 0 Å². The van der Waals surface area contributed by atoms with Crippen LogP contribution in [0.1, 0.15) is 61.9 Å². The van der Waals surface area contributed by atoms with Gasteiger partial charge in [-0.1, -0.05) is 25.7 Å². The number of carbonyl (C=O) groups is 1. The molecule has 0 atom stereocenters. The molecule has 28 heavy (non-hydrogen) atoms. The van der Waals surface area contributed by atoms with Gasteiger partial charge in [0.2, 0.25) is 0 Å². The summed E-state index contributed by atoms with van der Waals surface area (Å²) in [6, 6.07) is 5.25. The van der Waals surface area contributed by atoms with E-state index < -0.39 is 0 Å². The van der Waals surface area contributed by atoms with Crippen LogP contribution in [-0.2, 0) is 0 Å². The van der Waals surface area contributed by atoms with Gasteiger partial charge >= 0.3 is 0 Å². The fourth-order valence-corrected chi connectivity index (χ4v) is 5.23. The van der Waals surface area contributed by atoms with Crippen LogP contribution in [0.15, 0.2) is 18.3 Å². The van der Waals surface area contributed by atoms with Gasteiger partial charge in [-0.15, -0.1) is 0 Å². The number of pyridine rings is 1. The van der Waals surface area contributed by atoms with Crippen LogP contribution in [0.2, 0.25) is 0 Å². The highest BCUT2D eigenvalue weighted by Gasteiger charge is 2.26. The molecule has 0 aromatic carbocycles. The average molecular weight is 382 g/mol. The van der Waals surface area contributed by atoms with Crippen LogP contribution >= 0.6 is 0 Å². The van der Waals surface area contributed by atoms with Crippen molar-refractivity contribution in [2.24, 2.45) is 0 Å². The van der Waals surface area contributed by atoms with Crippen molar-refractivity contribution in [2.75, 3.05) is 31.1 Å². The number of aromatic amines is 1. The van der Waals surface area contributed by atoms with Gasteiger partial charge in [0.15, 0.2) is 0 Å². The fraction of sp³-hybridized carbons (Fsp3) is 0.636. The van der Waals surface area contributed by atoms with Crippen molar-refractivity contribution in [3.05, 3.63) is 24.0 Å². The number of hydrogen-bond acceptors (Lipinski definition) is 4. The lowest BCUT2D eigenvalue weighted by atomic mass is 10.2. The lowest BCUT2D eigenvalue weighted by Crippen LogP contribution is -2.49. The Morgan fingerprint density at radius 1 is 1.00 bits per heavy atom. The summed E-state index contributed by atoms with van der Waals surface area (Å²) in [6.45, 7) is 4.34. The number of amides is 1. The summed E-state index contributed by atoms with van der Waals surface area (Å²) in [6.07, 6.45) is 12.1. The van der Waals surface area contributed by atoms with E-state index in [2.05, 4.69) is 31.2 Å². The number of carbonyl (C=O) groups excluding carboxylic acids is 1. The van der Waals surface area contributed by atoms with Gasteiger partial charge in [0, 0.05) is 43.6 Å². The summed E-state index contributed by atoms with van der Waals surface area (Å²) in [4.78, 5) is 25.5. The monoisotopic (exact) mass is 381 g/mol. The molecule has 150 valence electrons. The van der Waals surface area contributed by atoms with Gasteiger partial charge in [-0.25, -0.2) is 4.98 Å². The van der Waals surface area contributed by atoms with Gasteiger partial charge in [-0.2, -0.15) is 0 Å². The number of anilines is 1. The third-order valence-electron chi connectivity index (χ3n) is 6.91. The van der Waals surface area contributed by atoms with Crippen LogP contribution in [0, 0.1) is 0 Å². The van der Waals surface area contributed by atoms with Gasteiger partial charge in [-0.3, -0.25) is 9.69 Å². The second-order valence-electron chi connectivity index (χ2n) is 8.73. The molecule has 2 saturated carbocycles. The van der Waals surface area contributed by atoms with Crippen LogP contribution in [0.4, 0.5) is 5.82 Å². The minimum atomic E-state index is 0.00910. The first-order valence-electron chi connectivity index (χ1n) is 11.0. The number of rotatable bonds is 4. The highest BCUT2D eigenvalue weighted by molar-refractivity contribution is 5.98. The molecule has 0 radical (unpaired) electrons. The standard InChI is InChI=1S/C22H31N5O/c28-22(24-17-5-1-2-6-17)19-13-16-14-21(23-15-20(16)25-19)27-11-9-26(10-12-27)18-7-3-4-8-18/h13-15,17-18,25H,1-12H2,(H,24,28). The normalized spacial score (nSPS) is 22.4. The average Bonchev–Trinajstić information content (AvgIpc) is 3.48. The van der Waals surface area contributed by atoms with Gasteiger partial charge in [-0.05, 0) is 37.8 Å². The van der Waals surface area contributed by atoms with E-state index in [1.165, 1.54) is 38.5 Å². The van der Waals surface area contributed by atoms with Crippen LogP contribution in [0.25, 0.3) is 10.9 Å². The number of aromatic nitrogens is 2. The molecule has 6 nitrogen and oxygen atoms in total. The molecule has 2 aliphatic carbocycles. The molecule has 5 rings (SSSR count). The zero-order valence-corrected chi connectivity index (χ0v) is 16.6. The van der Waals surface area contributed by atoms with E-state index in [4.69, 9.17) is 0 Å². The third-order valence-corrected chi connectivity index (χ3v) is 6.91. The zero-order chi connectivity index (χ0) is 18.9. The largest absolute Gasteiger partial charge is 0.354 e. The first kappa shape index (κ1) is 18.0. The predicted molar refractivity (Wildman–Crippen MR) is 112 cm³/mol. The summed E-state index contributed by atoms with van der Waals surface area (Å²) in [5.41, 5.74) is 1.58. The number of nitrogens with zero attached hydrogens (tertiary/aromatic N) is 3. The van der Waals surface area contributed by atoms with E-state index in [1.807, 2.05) is 12.3 Å². The van der Waals surface area contributed by atoms with Gasteiger partial charge in [0.25, 0.3) is 5.91 Å². The van der Waals surface area contributed by atoms with Crippen LogP contribution in [0.3, 0.4) is 0 Å². The SMILES string of the molecule is O=C(NC1CCCC1)c1cc2cc(N3CCN(C4CCCC4)CC3)ncc2[nH]1. The lowest BCUT2D eigenvalue weighted by molar-refractivity contribution is 0.0933. The van der Waals surface area contributed by atoms with Gasteiger partial charge in [0.05, 0.1) is 11.7 Å². The Morgan fingerprint density at radius 2 is 1.71 bits per heavy atom. The Kier molecular flexibility index (Phi) is 4.97. The van der Waals surface area contributed by atoms with Gasteiger partial charge < -0.3 is 15.2 Å². The predicted octanol–water partition coefficient (Wildman–Crippen LogP) is 3.30. The number of hydrogen-bond donors (Lipinski definition) is 2. The summed E-state index contributed by atoms with van der Waals surface area (Å²) in [5.74, 6) is 1.04. The van der Waals surface area contributed by atoms with E-state index in [1.54, 1.807) is 0 Å². The van der Waals surface area contributed by atoms with Crippen LogP contribution < -0.4 is 10.2 Å². The molecule has 1 aliphatic heterocycles. The van der Waals surface area contributed by atoms with E-state index in [0.717, 1.165) is 61.8 Å². The Hall–Kier alpha value is -2.08. The fourth-order valence-electron chi connectivity index (χ4n) is 5.23. The summed E-state index contributed by atoms with van der Waals surface area (Å²) < 4.78 is 0. The van der Waals surface area contributed by atoms with Crippen molar-refractivity contribution >= 4 is 22.6 Å². The Labute approximate surface area is 166 Å². The van der Waals surface area contributed by atoms with E-state index in [-0.39, 0.29) is 5.91 Å². The Morgan fingerprint density at radius 3 is 2.46 bits per heavy atom. The second-order valence-corrected chi connectivity index (χ2v) is 8.73. The van der Waals surface area contributed by atoms with Crippen molar-refractivity contribution in [2.45, 2.75) is 63.5 Å². The molecular weight excluding hydrogens is 350 g/mol. The zero-order valence-electron chi connectivity index (χ0n) is 16.6. The maximum atomic E-state index is 12.5. The maximum absolute atomic E-state index is 12.5. The third kappa shape index (κ3) is 3.62. The summed E-state index contributed by atoms with van der Waals surface area (Å²) in [5, 5.41) is 4.23. The highest BCUT2D eigenvalue weighted by atomic mass is 16.1. The number of H-pyrrole nitrogens is 1. The first-order valence-corrected chi connectivity index (χ1v) is 11.0. The number of piperazine rings is 1. The van der Waals surface area contributed by atoms with E-state index >= 15 is 0 Å². The molecule has 0 unspecified atom stereocenters. The van der Waals surface area contributed by atoms with E-state index in [9.17, 15) is 4.79 Å². The summed E-state index contributed by atoms with van der Waals surface area (Å²) >= 11 is 0. The van der Waals surface area contributed by atoms with Gasteiger partial charge in [0.1, 0.15) is 11.5 Å².